The molecule has 0 aliphatic heterocycles. The van der Waals surface area contributed by atoms with Crippen LogP contribution in [0.15, 0.2) is 12.7 Å². The molecule has 0 bridgehead atoms. The van der Waals surface area contributed by atoms with Crippen LogP contribution in [0.25, 0.3) is 0 Å². The van der Waals surface area contributed by atoms with E-state index < -0.39 is 0 Å². The van der Waals surface area contributed by atoms with Crippen LogP contribution in [-0.2, 0) is 0 Å². The Balaban J connectivity index is 2.10. The van der Waals surface area contributed by atoms with Gasteiger partial charge < -0.3 is 5.32 Å². The van der Waals surface area contributed by atoms with Gasteiger partial charge >= 0.3 is 0 Å². The van der Waals surface area contributed by atoms with E-state index in [-0.39, 0.29) is 0 Å². The smallest absolute Gasteiger partial charge is 0.0132 e. The average molecular weight is 196 g/mol. The fourth-order valence-electron chi connectivity index (χ4n) is 1.62. The monoisotopic (exact) mass is 196 g/mol. The third kappa shape index (κ3) is 4.77. The fourth-order valence-corrected chi connectivity index (χ4v) is 1.62. The fraction of sp³-hybridized carbons (Fsp3) is 0.833. The van der Waals surface area contributed by atoms with Crippen molar-refractivity contribution in [3.63, 3.8) is 0 Å². The van der Waals surface area contributed by atoms with E-state index in [9.17, 15) is 0 Å². The maximum atomic E-state index is 3.69. The minimum absolute atomic E-state index is 0.682. The maximum absolute atomic E-state index is 3.69. The van der Waals surface area contributed by atoms with Gasteiger partial charge in [-0.3, -0.25) is 4.90 Å². The summed E-state index contributed by atoms with van der Waals surface area (Å²) < 4.78 is 0. The first-order valence-electron chi connectivity index (χ1n) is 5.79. The van der Waals surface area contributed by atoms with Gasteiger partial charge in [-0.25, -0.2) is 0 Å². The van der Waals surface area contributed by atoms with E-state index in [0.717, 1.165) is 19.0 Å². The first-order chi connectivity index (χ1) is 6.74. The van der Waals surface area contributed by atoms with Gasteiger partial charge in [0.05, 0.1) is 0 Å². The molecule has 0 unspecified atom stereocenters. The number of rotatable bonds is 8. The molecule has 0 amide bonds. The second kappa shape index (κ2) is 6.20. The lowest BCUT2D eigenvalue weighted by Gasteiger charge is -2.26. The Morgan fingerprint density at radius 1 is 1.50 bits per heavy atom. The molecule has 82 valence electrons. The van der Waals surface area contributed by atoms with E-state index in [1.165, 1.54) is 25.9 Å². The molecule has 1 saturated carbocycles. The van der Waals surface area contributed by atoms with Crippen LogP contribution >= 0.6 is 0 Å². The molecule has 2 heteroatoms. The van der Waals surface area contributed by atoms with E-state index >= 15 is 0 Å². The minimum Gasteiger partial charge on any atom is -0.312 e. The van der Waals surface area contributed by atoms with Crippen molar-refractivity contribution in [2.45, 2.75) is 32.7 Å². The van der Waals surface area contributed by atoms with Crippen molar-refractivity contribution in [1.82, 2.24) is 10.2 Å². The van der Waals surface area contributed by atoms with Crippen molar-refractivity contribution in [2.24, 2.45) is 5.92 Å². The zero-order valence-electron chi connectivity index (χ0n) is 9.63. The highest BCUT2D eigenvalue weighted by Gasteiger charge is 2.24. The standard InChI is InChI=1S/C12H24N2/c1-4-7-13-8-9-14(11(2)3)10-12-5-6-12/h4,11-13H,1,5-10H2,2-3H3. The second-order valence-corrected chi connectivity index (χ2v) is 4.52. The van der Waals surface area contributed by atoms with E-state index in [1.807, 2.05) is 6.08 Å². The summed E-state index contributed by atoms with van der Waals surface area (Å²) in [4.78, 5) is 2.58. The van der Waals surface area contributed by atoms with Crippen molar-refractivity contribution in [3.8, 4) is 0 Å². The van der Waals surface area contributed by atoms with Crippen LogP contribution in [0.3, 0.4) is 0 Å². The Morgan fingerprint density at radius 2 is 2.21 bits per heavy atom. The molecule has 1 fully saturated rings. The van der Waals surface area contributed by atoms with E-state index in [4.69, 9.17) is 0 Å². The summed E-state index contributed by atoms with van der Waals surface area (Å²) in [6.45, 7) is 12.7. The van der Waals surface area contributed by atoms with Crippen molar-refractivity contribution in [2.75, 3.05) is 26.2 Å². The predicted molar refractivity (Wildman–Crippen MR) is 62.5 cm³/mol. The van der Waals surface area contributed by atoms with Crippen LogP contribution in [-0.4, -0.2) is 37.1 Å². The molecule has 1 aliphatic carbocycles. The van der Waals surface area contributed by atoms with Gasteiger partial charge in [-0.2, -0.15) is 0 Å². The van der Waals surface area contributed by atoms with Gasteiger partial charge in [-0.1, -0.05) is 6.08 Å². The topological polar surface area (TPSA) is 15.3 Å². The lowest BCUT2D eigenvalue weighted by molar-refractivity contribution is 0.214. The maximum Gasteiger partial charge on any atom is 0.0132 e. The molecular weight excluding hydrogens is 172 g/mol. The Hall–Kier alpha value is -0.340. The molecule has 0 radical (unpaired) electrons. The molecule has 1 rings (SSSR count). The second-order valence-electron chi connectivity index (χ2n) is 4.52. The van der Waals surface area contributed by atoms with Crippen LogP contribution in [0.5, 0.6) is 0 Å². The number of nitrogens with one attached hydrogen (secondary N) is 1. The zero-order chi connectivity index (χ0) is 10.4. The molecular formula is C12H24N2. The third-order valence-electron chi connectivity index (χ3n) is 2.78. The molecule has 1 N–H and O–H groups in total. The lowest BCUT2D eigenvalue weighted by atomic mass is 10.2. The summed E-state index contributed by atoms with van der Waals surface area (Å²) in [5, 5.41) is 3.35. The summed E-state index contributed by atoms with van der Waals surface area (Å²) in [7, 11) is 0. The van der Waals surface area contributed by atoms with Crippen LogP contribution < -0.4 is 5.32 Å². The lowest BCUT2D eigenvalue weighted by Crippen LogP contribution is -2.38. The van der Waals surface area contributed by atoms with E-state index in [2.05, 4.69) is 30.6 Å². The summed E-state index contributed by atoms with van der Waals surface area (Å²) in [5.74, 6) is 0.997. The van der Waals surface area contributed by atoms with Crippen LogP contribution in [0.2, 0.25) is 0 Å². The number of nitrogens with zero attached hydrogens (tertiary/aromatic N) is 1. The molecule has 0 aromatic rings. The zero-order valence-corrected chi connectivity index (χ0v) is 9.63. The van der Waals surface area contributed by atoms with Gasteiger partial charge in [-0.05, 0) is 32.6 Å². The Labute approximate surface area is 88.4 Å². The van der Waals surface area contributed by atoms with Gasteiger partial charge in [0.2, 0.25) is 0 Å². The molecule has 0 saturated heterocycles. The van der Waals surface area contributed by atoms with Gasteiger partial charge in [0.15, 0.2) is 0 Å². The minimum atomic E-state index is 0.682. The number of hydrogen-bond acceptors (Lipinski definition) is 2. The van der Waals surface area contributed by atoms with Crippen LogP contribution in [0.4, 0.5) is 0 Å². The highest BCUT2D eigenvalue weighted by molar-refractivity contribution is 4.79. The summed E-state index contributed by atoms with van der Waals surface area (Å²) in [6.07, 6.45) is 4.81. The normalized spacial score (nSPS) is 16.6. The Kier molecular flexibility index (Phi) is 5.20. The first-order valence-corrected chi connectivity index (χ1v) is 5.79. The van der Waals surface area contributed by atoms with Gasteiger partial charge in [0, 0.05) is 32.2 Å². The summed E-state index contributed by atoms with van der Waals surface area (Å²) in [5.41, 5.74) is 0. The van der Waals surface area contributed by atoms with E-state index in [1.54, 1.807) is 0 Å². The quantitative estimate of drug-likeness (QED) is 0.471. The number of hydrogen-bond donors (Lipinski definition) is 1. The Morgan fingerprint density at radius 3 is 2.71 bits per heavy atom. The molecule has 2 nitrogen and oxygen atoms in total. The summed E-state index contributed by atoms with van der Waals surface area (Å²) >= 11 is 0. The molecule has 14 heavy (non-hydrogen) atoms. The van der Waals surface area contributed by atoms with Gasteiger partial charge in [0.25, 0.3) is 0 Å². The predicted octanol–water partition coefficient (Wildman–Crippen LogP) is 1.88. The Bertz CT molecular complexity index is 162. The van der Waals surface area contributed by atoms with Crippen LogP contribution in [0.1, 0.15) is 26.7 Å². The molecule has 0 spiro atoms. The first kappa shape index (κ1) is 11.7. The largest absolute Gasteiger partial charge is 0.312 e. The molecule has 0 heterocycles. The SMILES string of the molecule is C=CCNCCN(CC1CC1)C(C)C. The van der Waals surface area contributed by atoms with Crippen molar-refractivity contribution >= 4 is 0 Å². The molecule has 0 aromatic carbocycles. The molecule has 1 aliphatic rings. The highest BCUT2D eigenvalue weighted by atomic mass is 15.2. The molecule has 0 atom stereocenters. The average Bonchev–Trinajstić information content (AvgIpc) is 2.93. The molecule has 0 aromatic heterocycles. The van der Waals surface area contributed by atoms with Crippen LogP contribution in [0, 0.1) is 5.92 Å². The third-order valence-corrected chi connectivity index (χ3v) is 2.78. The van der Waals surface area contributed by atoms with Crippen molar-refractivity contribution < 1.29 is 0 Å². The van der Waals surface area contributed by atoms with Crippen molar-refractivity contribution in [3.05, 3.63) is 12.7 Å². The highest BCUT2D eigenvalue weighted by Crippen LogP contribution is 2.30. The van der Waals surface area contributed by atoms with E-state index in [0.29, 0.717) is 6.04 Å². The summed E-state index contributed by atoms with van der Waals surface area (Å²) in [6, 6.07) is 0.682. The van der Waals surface area contributed by atoms with Gasteiger partial charge in [-0.15, -0.1) is 6.58 Å². The van der Waals surface area contributed by atoms with Gasteiger partial charge in [0.1, 0.15) is 0 Å². The van der Waals surface area contributed by atoms with Crippen molar-refractivity contribution in [1.29, 1.82) is 0 Å².